The first kappa shape index (κ1) is 14.9. The predicted molar refractivity (Wildman–Crippen MR) is 75.2 cm³/mol. The van der Waals surface area contributed by atoms with E-state index in [-0.39, 0.29) is 18.4 Å². The Morgan fingerprint density at radius 3 is 2.89 bits per heavy atom. The molecular formula is C13H19NO3S. The highest BCUT2D eigenvalue weighted by atomic mass is 32.2. The first-order chi connectivity index (χ1) is 8.67. The number of para-hydroxylation sites is 2. The van der Waals surface area contributed by atoms with Crippen LogP contribution in [0.5, 0.6) is 5.75 Å². The number of aliphatic hydroxyl groups is 1. The van der Waals surface area contributed by atoms with Gasteiger partial charge in [-0.2, -0.15) is 11.8 Å². The molecule has 18 heavy (non-hydrogen) atoms. The Hall–Kier alpha value is -1.20. The number of ether oxygens (including phenoxy) is 1. The molecule has 4 nitrogen and oxygen atoms in total. The molecule has 1 aromatic carbocycles. The fraction of sp³-hybridized carbons (Fsp3) is 0.462. The van der Waals surface area contributed by atoms with Crippen LogP contribution >= 0.6 is 11.8 Å². The first-order valence-electron chi connectivity index (χ1n) is 5.78. The smallest absolute Gasteiger partial charge is 0.234 e. The van der Waals surface area contributed by atoms with E-state index >= 15 is 0 Å². The Balaban J connectivity index is 2.40. The molecule has 0 aliphatic heterocycles. The highest BCUT2D eigenvalue weighted by Crippen LogP contribution is 2.23. The third kappa shape index (κ3) is 4.98. The number of thioether (sulfide) groups is 1. The van der Waals surface area contributed by atoms with Crippen molar-refractivity contribution < 1.29 is 14.6 Å². The summed E-state index contributed by atoms with van der Waals surface area (Å²) in [6.07, 6.45) is 0. The number of hydrogen-bond acceptors (Lipinski definition) is 4. The van der Waals surface area contributed by atoms with Gasteiger partial charge in [0.15, 0.2) is 0 Å². The minimum absolute atomic E-state index is 0.0605. The molecular weight excluding hydrogens is 250 g/mol. The summed E-state index contributed by atoms with van der Waals surface area (Å²) < 4.78 is 5.15. The van der Waals surface area contributed by atoms with Crippen molar-refractivity contribution in [2.24, 2.45) is 5.92 Å². The third-order valence-electron chi connectivity index (χ3n) is 2.33. The van der Waals surface area contributed by atoms with Crippen LogP contribution in [0.15, 0.2) is 24.3 Å². The van der Waals surface area contributed by atoms with Crippen LogP contribution in [-0.2, 0) is 4.79 Å². The molecule has 0 fully saturated rings. The van der Waals surface area contributed by atoms with Gasteiger partial charge in [-0.1, -0.05) is 19.1 Å². The zero-order valence-electron chi connectivity index (χ0n) is 10.7. The highest BCUT2D eigenvalue weighted by molar-refractivity contribution is 7.99. The minimum Gasteiger partial charge on any atom is -0.495 e. The topological polar surface area (TPSA) is 58.6 Å². The van der Waals surface area contributed by atoms with Gasteiger partial charge in [-0.05, 0) is 23.8 Å². The molecule has 0 spiro atoms. The number of methoxy groups -OCH3 is 1. The van der Waals surface area contributed by atoms with Crippen LogP contribution in [-0.4, -0.2) is 36.2 Å². The van der Waals surface area contributed by atoms with E-state index in [1.165, 1.54) is 11.8 Å². The lowest BCUT2D eigenvalue weighted by atomic mass is 10.2. The standard InChI is InChI=1S/C13H19NO3S/c1-10(7-15)8-18-9-13(16)14-11-5-3-4-6-12(11)17-2/h3-6,10,15H,7-9H2,1-2H3,(H,14,16). The van der Waals surface area contributed by atoms with E-state index in [0.717, 1.165) is 5.75 Å². The van der Waals surface area contributed by atoms with Gasteiger partial charge in [0.1, 0.15) is 5.75 Å². The molecule has 0 saturated heterocycles. The molecule has 0 bridgehead atoms. The molecule has 0 aliphatic carbocycles. The van der Waals surface area contributed by atoms with Crippen LogP contribution in [0.25, 0.3) is 0 Å². The van der Waals surface area contributed by atoms with Gasteiger partial charge >= 0.3 is 0 Å². The van der Waals surface area contributed by atoms with Crippen molar-refractivity contribution in [3.05, 3.63) is 24.3 Å². The summed E-state index contributed by atoms with van der Waals surface area (Å²) in [5.41, 5.74) is 0.681. The highest BCUT2D eigenvalue weighted by Gasteiger charge is 2.08. The molecule has 0 saturated carbocycles. The number of hydrogen-bond donors (Lipinski definition) is 2. The van der Waals surface area contributed by atoms with Crippen molar-refractivity contribution in [3.8, 4) is 5.75 Å². The molecule has 0 aromatic heterocycles. The number of amides is 1. The maximum atomic E-state index is 11.7. The van der Waals surface area contributed by atoms with Crippen LogP contribution in [0.4, 0.5) is 5.69 Å². The van der Waals surface area contributed by atoms with E-state index in [4.69, 9.17) is 9.84 Å². The Morgan fingerprint density at radius 1 is 1.50 bits per heavy atom. The maximum absolute atomic E-state index is 11.7. The molecule has 0 heterocycles. The zero-order valence-corrected chi connectivity index (χ0v) is 11.5. The summed E-state index contributed by atoms with van der Waals surface area (Å²) >= 11 is 1.51. The predicted octanol–water partition coefficient (Wildman–Crippen LogP) is 2.00. The minimum atomic E-state index is -0.0605. The van der Waals surface area contributed by atoms with E-state index < -0.39 is 0 Å². The molecule has 5 heteroatoms. The molecule has 2 N–H and O–H groups in total. The van der Waals surface area contributed by atoms with Crippen LogP contribution in [0.2, 0.25) is 0 Å². The summed E-state index contributed by atoms with van der Waals surface area (Å²) in [5, 5.41) is 11.7. The SMILES string of the molecule is COc1ccccc1NC(=O)CSCC(C)CO. The Labute approximate surface area is 112 Å². The second-order valence-electron chi connectivity index (χ2n) is 4.05. The quantitative estimate of drug-likeness (QED) is 0.795. The fourth-order valence-corrected chi connectivity index (χ4v) is 2.22. The van der Waals surface area contributed by atoms with E-state index in [9.17, 15) is 4.79 Å². The summed E-state index contributed by atoms with van der Waals surface area (Å²) in [5.74, 6) is 1.96. The van der Waals surface area contributed by atoms with E-state index in [1.54, 1.807) is 19.2 Å². The molecule has 1 unspecified atom stereocenters. The average molecular weight is 269 g/mol. The van der Waals surface area contributed by atoms with Gasteiger partial charge in [-0.15, -0.1) is 0 Å². The first-order valence-corrected chi connectivity index (χ1v) is 6.94. The summed E-state index contributed by atoms with van der Waals surface area (Å²) in [6, 6.07) is 7.31. The second kappa shape index (κ2) is 8.00. The molecule has 1 aromatic rings. The lowest BCUT2D eigenvalue weighted by molar-refractivity contribution is -0.113. The Kier molecular flexibility index (Phi) is 6.60. The van der Waals surface area contributed by atoms with Crippen molar-refractivity contribution >= 4 is 23.4 Å². The maximum Gasteiger partial charge on any atom is 0.234 e. The van der Waals surface area contributed by atoms with Crippen molar-refractivity contribution in [1.29, 1.82) is 0 Å². The van der Waals surface area contributed by atoms with Gasteiger partial charge in [-0.3, -0.25) is 4.79 Å². The third-order valence-corrected chi connectivity index (χ3v) is 3.60. The van der Waals surface area contributed by atoms with Crippen LogP contribution in [0.1, 0.15) is 6.92 Å². The van der Waals surface area contributed by atoms with Gasteiger partial charge in [0.05, 0.1) is 18.6 Å². The largest absolute Gasteiger partial charge is 0.495 e. The number of nitrogens with one attached hydrogen (secondary N) is 1. The second-order valence-corrected chi connectivity index (χ2v) is 5.08. The Morgan fingerprint density at radius 2 is 2.22 bits per heavy atom. The molecule has 1 atom stereocenters. The molecule has 100 valence electrons. The molecule has 0 aliphatic rings. The van der Waals surface area contributed by atoms with Crippen LogP contribution in [0.3, 0.4) is 0 Å². The normalized spacial score (nSPS) is 11.9. The summed E-state index contributed by atoms with van der Waals surface area (Å²) in [4.78, 5) is 11.7. The van der Waals surface area contributed by atoms with Crippen LogP contribution < -0.4 is 10.1 Å². The number of carbonyl (C=O) groups is 1. The van der Waals surface area contributed by atoms with E-state index in [2.05, 4.69) is 5.32 Å². The van der Waals surface area contributed by atoms with Crippen LogP contribution in [0, 0.1) is 5.92 Å². The van der Waals surface area contributed by atoms with E-state index in [0.29, 0.717) is 17.2 Å². The number of aliphatic hydroxyl groups excluding tert-OH is 1. The van der Waals surface area contributed by atoms with Gasteiger partial charge in [0.25, 0.3) is 0 Å². The van der Waals surface area contributed by atoms with Gasteiger partial charge in [0.2, 0.25) is 5.91 Å². The van der Waals surface area contributed by atoms with Crippen molar-refractivity contribution in [3.63, 3.8) is 0 Å². The molecule has 0 radical (unpaired) electrons. The van der Waals surface area contributed by atoms with Crippen molar-refractivity contribution in [2.45, 2.75) is 6.92 Å². The zero-order chi connectivity index (χ0) is 13.4. The fourth-order valence-electron chi connectivity index (χ4n) is 1.34. The lowest BCUT2D eigenvalue weighted by Gasteiger charge is -2.10. The van der Waals surface area contributed by atoms with Crippen molar-refractivity contribution in [2.75, 3.05) is 30.5 Å². The number of rotatable bonds is 7. The number of anilines is 1. The number of carbonyl (C=O) groups excluding carboxylic acids is 1. The average Bonchev–Trinajstić information content (AvgIpc) is 2.39. The lowest BCUT2D eigenvalue weighted by Crippen LogP contribution is -2.16. The van der Waals surface area contributed by atoms with Crippen molar-refractivity contribution in [1.82, 2.24) is 0 Å². The van der Waals surface area contributed by atoms with E-state index in [1.807, 2.05) is 19.1 Å². The summed E-state index contributed by atoms with van der Waals surface area (Å²) in [7, 11) is 1.57. The van der Waals surface area contributed by atoms with Gasteiger partial charge < -0.3 is 15.2 Å². The van der Waals surface area contributed by atoms with Gasteiger partial charge in [-0.25, -0.2) is 0 Å². The Bertz CT molecular complexity index is 384. The number of benzene rings is 1. The molecule has 1 rings (SSSR count). The van der Waals surface area contributed by atoms with Gasteiger partial charge in [0, 0.05) is 6.61 Å². The molecule has 1 amide bonds. The summed E-state index contributed by atoms with van der Waals surface area (Å²) in [6.45, 7) is 2.10. The monoisotopic (exact) mass is 269 g/mol.